The van der Waals surface area contributed by atoms with Gasteiger partial charge in [0.1, 0.15) is 30.0 Å². The number of ether oxygens (including phenoxy) is 4. The maximum Gasteiger partial charge on any atom is 0.184 e. The van der Waals surface area contributed by atoms with Gasteiger partial charge in [0, 0.05) is 0 Å². The SMILES string of the molecule is O[C@H]1[C@H](OCc2ccccc2)[C@@H](OCc2ccccc2)[C@@H](O)O[C@@H]1COC(c1ccccc1)(c1ccccc1)c1ccccc1. The third kappa shape index (κ3) is 7.08. The highest BCUT2D eigenvalue weighted by atomic mass is 16.7. The molecule has 0 saturated carbocycles. The van der Waals surface area contributed by atoms with Crippen LogP contribution in [-0.4, -0.2) is 47.5 Å². The minimum atomic E-state index is -1.36. The molecule has 230 valence electrons. The number of hydrogen-bond donors (Lipinski definition) is 2. The zero-order valence-corrected chi connectivity index (χ0v) is 25.0. The molecule has 0 bridgehead atoms. The number of rotatable bonds is 12. The fraction of sp³-hybridized carbons (Fsp3) is 0.231. The molecule has 45 heavy (non-hydrogen) atoms. The highest BCUT2D eigenvalue weighted by molar-refractivity contribution is 5.47. The Labute approximate surface area is 264 Å². The van der Waals surface area contributed by atoms with Crippen molar-refractivity contribution < 1.29 is 29.2 Å². The lowest BCUT2D eigenvalue weighted by atomic mass is 9.80. The lowest BCUT2D eigenvalue weighted by Gasteiger charge is -2.44. The maximum atomic E-state index is 11.8. The molecule has 5 aromatic rings. The van der Waals surface area contributed by atoms with Gasteiger partial charge in [-0.2, -0.15) is 0 Å². The summed E-state index contributed by atoms with van der Waals surface area (Å²) in [6, 6.07) is 49.4. The van der Waals surface area contributed by atoms with Crippen molar-refractivity contribution in [1.29, 1.82) is 0 Å². The molecule has 6 heteroatoms. The van der Waals surface area contributed by atoms with Gasteiger partial charge in [0.2, 0.25) is 0 Å². The number of aliphatic hydroxyl groups is 2. The van der Waals surface area contributed by atoms with Crippen molar-refractivity contribution in [2.24, 2.45) is 0 Å². The van der Waals surface area contributed by atoms with Crippen LogP contribution in [0.3, 0.4) is 0 Å². The van der Waals surface area contributed by atoms with Gasteiger partial charge < -0.3 is 29.2 Å². The molecule has 0 aromatic heterocycles. The van der Waals surface area contributed by atoms with Gasteiger partial charge in [0.25, 0.3) is 0 Å². The molecule has 6 rings (SSSR count). The Kier molecular flexibility index (Phi) is 10.1. The smallest absolute Gasteiger partial charge is 0.184 e. The Hall–Kier alpha value is -4.14. The normalized spacial score (nSPS) is 21.8. The second kappa shape index (κ2) is 14.8. The zero-order valence-electron chi connectivity index (χ0n) is 25.0. The van der Waals surface area contributed by atoms with Crippen LogP contribution in [0.15, 0.2) is 152 Å². The van der Waals surface area contributed by atoms with Gasteiger partial charge in [-0.1, -0.05) is 152 Å². The quantitative estimate of drug-likeness (QED) is 0.165. The van der Waals surface area contributed by atoms with E-state index < -0.39 is 36.3 Å². The van der Waals surface area contributed by atoms with E-state index in [1.54, 1.807) is 0 Å². The van der Waals surface area contributed by atoms with Crippen molar-refractivity contribution in [3.05, 3.63) is 179 Å². The second-order valence-electron chi connectivity index (χ2n) is 11.2. The molecule has 1 aliphatic heterocycles. The predicted molar refractivity (Wildman–Crippen MR) is 172 cm³/mol. The fourth-order valence-electron chi connectivity index (χ4n) is 5.92. The Morgan fingerprint density at radius 1 is 0.511 bits per heavy atom. The van der Waals surface area contributed by atoms with E-state index in [0.29, 0.717) is 0 Å². The van der Waals surface area contributed by atoms with Gasteiger partial charge in [0.05, 0.1) is 19.8 Å². The number of hydrogen-bond acceptors (Lipinski definition) is 6. The second-order valence-corrected chi connectivity index (χ2v) is 11.2. The summed E-state index contributed by atoms with van der Waals surface area (Å²) in [6.45, 7) is 0.424. The van der Waals surface area contributed by atoms with Gasteiger partial charge in [-0.3, -0.25) is 0 Å². The highest BCUT2D eigenvalue weighted by Gasteiger charge is 2.48. The van der Waals surface area contributed by atoms with Crippen molar-refractivity contribution in [1.82, 2.24) is 0 Å². The van der Waals surface area contributed by atoms with Crippen LogP contribution in [0.5, 0.6) is 0 Å². The van der Waals surface area contributed by atoms with Crippen LogP contribution in [0.2, 0.25) is 0 Å². The number of benzene rings is 5. The van der Waals surface area contributed by atoms with E-state index >= 15 is 0 Å². The van der Waals surface area contributed by atoms with Gasteiger partial charge in [-0.25, -0.2) is 0 Å². The van der Waals surface area contributed by atoms with E-state index in [0.717, 1.165) is 27.8 Å². The van der Waals surface area contributed by atoms with E-state index in [1.807, 2.05) is 152 Å². The lowest BCUT2D eigenvalue weighted by molar-refractivity contribution is -0.311. The molecule has 6 nitrogen and oxygen atoms in total. The molecule has 0 unspecified atom stereocenters. The molecule has 1 aliphatic rings. The number of aliphatic hydroxyl groups excluding tert-OH is 2. The standard InChI is InChI=1S/C39H38O6/c40-35-34(28-44-39(31-20-10-3-11-21-31,32-22-12-4-13-23-32)33-24-14-5-15-25-33)45-38(41)37(43-27-30-18-8-2-9-19-30)36(35)42-26-29-16-6-1-7-17-29/h1-25,34-38,40-41H,26-28H2/t34-,35-,36+,37-,38+/m1/s1. The molecule has 5 atom stereocenters. The molecular formula is C39H38O6. The van der Waals surface area contributed by atoms with Crippen LogP contribution < -0.4 is 0 Å². The van der Waals surface area contributed by atoms with Gasteiger partial charge in [-0.05, 0) is 27.8 Å². The Balaban J connectivity index is 1.30. The van der Waals surface area contributed by atoms with E-state index in [2.05, 4.69) is 0 Å². The van der Waals surface area contributed by atoms with Crippen molar-refractivity contribution in [3.63, 3.8) is 0 Å². The largest absolute Gasteiger partial charge is 0.387 e. The topological polar surface area (TPSA) is 77.4 Å². The Bertz CT molecular complexity index is 1470. The predicted octanol–water partition coefficient (Wildman–Crippen LogP) is 6.24. The van der Waals surface area contributed by atoms with Crippen LogP contribution in [-0.2, 0) is 37.8 Å². The van der Waals surface area contributed by atoms with Crippen molar-refractivity contribution in [3.8, 4) is 0 Å². The molecule has 0 radical (unpaired) electrons. The summed E-state index contributed by atoms with van der Waals surface area (Å²) in [5, 5.41) is 23.1. The summed E-state index contributed by atoms with van der Waals surface area (Å²) in [7, 11) is 0. The van der Waals surface area contributed by atoms with Crippen LogP contribution in [0, 0.1) is 0 Å². The first-order valence-corrected chi connectivity index (χ1v) is 15.3. The van der Waals surface area contributed by atoms with Gasteiger partial charge in [-0.15, -0.1) is 0 Å². The summed E-state index contributed by atoms with van der Waals surface area (Å²) in [4.78, 5) is 0. The Morgan fingerprint density at radius 3 is 1.31 bits per heavy atom. The first-order chi connectivity index (χ1) is 22.1. The first kappa shape index (κ1) is 30.9. The molecule has 0 amide bonds. The van der Waals surface area contributed by atoms with E-state index in [1.165, 1.54) is 0 Å². The van der Waals surface area contributed by atoms with Crippen LogP contribution >= 0.6 is 0 Å². The van der Waals surface area contributed by atoms with Crippen molar-refractivity contribution >= 4 is 0 Å². The maximum absolute atomic E-state index is 11.8. The van der Waals surface area contributed by atoms with E-state index in [-0.39, 0.29) is 19.8 Å². The molecule has 1 heterocycles. The average Bonchev–Trinajstić information content (AvgIpc) is 3.11. The van der Waals surface area contributed by atoms with Gasteiger partial charge >= 0.3 is 0 Å². The van der Waals surface area contributed by atoms with Crippen LogP contribution in [0.1, 0.15) is 27.8 Å². The van der Waals surface area contributed by atoms with Gasteiger partial charge in [0.15, 0.2) is 6.29 Å². The monoisotopic (exact) mass is 602 g/mol. The zero-order chi connectivity index (χ0) is 30.9. The lowest BCUT2D eigenvalue weighted by Crippen LogP contribution is -2.60. The summed E-state index contributed by atoms with van der Waals surface area (Å²) >= 11 is 0. The summed E-state index contributed by atoms with van der Waals surface area (Å²) in [5.74, 6) is 0. The fourth-order valence-corrected chi connectivity index (χ4v) is 5.92. The highest BCUT2D eigenvalue weighted by Crippen LogP contribution is 2.41. The van der Waals surface area contributed by atoms with Crippen molar-refractivity contribution in [2.75, 3.05) is 6.61 Å². The molecule has 5 aromatic carbocycles. The minimum Gasteiger partial charge on any atom is -0.387 e. The van der Waals surface area contributed by atoms with Crippen molar-refractivity contribution in [2.45, 2.75) is 49.5 Å². The van der Waals surface area contributed by atoms with E-state index in [9.17, 15) is 10.2 Å². The molecule has 2 N–H and O–H groups in total. The van der Waals surface area contributed by atoms with Crippen LogP contribution in [0.25, 0.3) is 0 Å². The third-order valence-electron chi connectivity index (χ3n) is 8.21. The van der Waals surface area contributed by atoms with Crippen LogP contribution in [0.4, 0.5) is 0 Å². The minimum absolute atomic E-state index is 0.0342. The van der Waals surface area contributed by atoms with E-state index in [4.69, 9.17) is 18.9 Å². The molecule has 1 saturated heterocycles. The Morgan fingerprint density at radius 2 is 0.889 bits per heavy atom. The average molecular weight is 603 g/mol. The molecule has 0 spiro atoms. The molecule has 1 fully saturated rings. The summed E-state index contributed by atoms with van der Waals surface area (Å²) in [5.41, 5.74) is 3.64. The summed E-state index contributed by atoms with van der Waals surface area (Å²) in [6.07, 6.45) is -5.23. The molecular weight excluding hydrogens is 564 g/mol. The first-order valence-electron chi connectivity index (χ1n) is 15.3. The third-order valence-corrected chi connectivity index (χ3v) is 8.21. The molecule has 0 aliphatic carbocycles. The summed E-state index contributed by atoms with van der Waals surface area (Å²) < 4.78 is 25.4.